The second-order valence-corrected chi connectivity index (χ2v) is 3.89. The van der Waals surface area contributed by atoms with Crippen LogP contribution in [0.5, 0.6) is 0 Å². The Morgan fingerprint density at radius 1 is 1.36 bits per heavy atom. The molecule has 1 aliphatic rings. The topological polar surface area (TPSA) is 27.1 Å². The van der Waals surface area contributed by atoms with Crippen molar-refractivity contribution >= 4 is 5.84 Å². The molecule has 0 amide bonds. The number of hydrogen-bond donors (Lipinski definition) is 1. The summed E-state index contributed by atoms with van der Waals surface area (Å²) in [5, 5.41) is 7.76. The van der Waals surface area contributed by atoms with Crippen molar-refractivity contribution in [1.29, 1.82) is 5.41 Å². The van der Waals surface area contributed by atoms with Crippen molar-refractivity contribution in [3.05, 3.63) is 0 Å². The first kappa shape index (κ1) is 8.57. The van der Waals surface area contributed by atoms with E-state index in [4.69, 9.17) is 5.41 Å². The third-order valence-electron chi connectivity index (χ3n) is 2.56. The molecule has 11 heavy (non-hydrogen) atoms. The lowest BCUT2D eigenvalue weighted by molar-refractivity contribution is 0.527. The summed E-state index contributed by atoms with van der Waals surface area (Å²) in [6, 6.07) is 0. The lowest BCUT2D eigenvalue weighted by Crippen LogP contribution is -2.27. The molecule has 0 bridgehead atoms. The molecule has 1 aliphatic carbocycles. The highest BCUT2D eigenvalue weighted by atomic mass is 15.1. The number of rotatable bonds is 1. The average molecular weight is 154 g/mol. The van der Waals surface area contributed by atoms with Gasteiger partial charge in [0.15, 0.2) is 0 Å². The molecule has 0 radical (unpaired) electrons. The van der Waals surface area contributed by atoms with E-state index in [0.29, 0.717) is 5.92 Å². The molecule has 2 nitrogen and oxygen atoms in total. The molecular formula is C9H18N2. The van der Waals surface area contributed by atoms with Crippen molar-refractivity contribution in [1.82, 2.24) is 4.90 Å². The Balaban J connectivity index is 2.43. The maximum atomic E-state index is 7.76. The first-order chi connectivity index (χ1) is 5.11. The van der Waals surface area contributed by atoms with Gasteiger partial charge in [0.1, 0.15) is 0 Å². The van der Waals surface area contributed by atoms with Gasteiger partial charge in [0, 0.05) is 20.0 Å². The summed E-state index contributed by atoms with van der Waals surface area (Å²) in [5.74, 6) is 2.19. The van der Waals surface area contributed by atoms with E-state index in [0.717, 1.165) is 11.8 Å². The monoisotopic (exact) mass is 154 g/mol. The van der Waals surface area contributed by atoms with Crippen LogP contribution in [0, 0.1) is 17.2 Å². The maximum Gasteiger partial charge on any atom is 0.0984 e. The molecule has 0 spiro atoms. The summed E-state index contributed by atoms with van der Waals surface area (Å²) < 4.78 is 0. The maximum absolute atomic E-state index is 7.76. The number of nitrogens with zero attached hydrogens (tertiary/aromatic N) is 1. The van der Waals surface area contributed by atoms with Crippen LogP contribution in [0.25, 0.3) is 0 Å². The van der Waals surface area contributed by atoms with Crippen LogP contribution in [0.1, 0.15) is 26.2 Å². The lowest BCUT2D eigenvalue weighted by Gasteiger charge is -2.19. The lowest BCUT2D eigenvalue weighted by atomic mass is 10.0. The van der Waals surface area contributed by atoms with Crippen molar-refractivity contribution in [2.45, 2.75) is 26.2 Å². The van der Waals surface area contributed by atoms with Crippen LogP contribution in [-0.4, -0.2) is 24.8 Å². The molecule has 1 N–H and O–H groups in total. The van der Waals surface area contributed by atoms with Crippen molar-refractivity contribution in [3.8, 4) is 0 Å². The molecule has 64 valence electrons. The van der Waals surface area contributed by atoms with Crippen molar-refractivity contribution < 1.29 is 0 Å². The first-order valence-corrected chi connectivity index (χ1v) is 4.37. The minimum absolute atomic E-state index is 0.542. The molecule has 2 atom stereocenters. The van der Waals surface area contributed by atoms with Gasteiger partial charge < -0.3 is 4.90 Å². The third kappa shape index (κ3) is 1.95. The van der Waals surface area contributed by atoms with Crippen LogP contribution in [0.4, 0.5) is 0 Å². The van der Waals surface area contributed by atoms with Gasteiger partial charge in [-0.1, -0.05) is 6.92 Å². The molecule has 2 unspecified atom stereocenters. The summed E-state index contributed by atoms with van der Waals surface area (Å²) in [5.41, 5.74) is 0. The van der Waals surface area contributed by atoms with Gasteiger partial charge in [-0.2, -0.15) is 0 Å². The molecule has 1 saturated carbocycles. The largest absolute Gasteiger partial charge is 0.366 e. The Labute approximate surface area is 69.1 Å². The zero-order valence-electron chi connectivity index (χ0n) is 7.72. The Hall–Kier alpha value is -0.530. The molecule has 0 aliphatic heterocycles. The normalized spacial score (nSPS) is 30.5. The Kier molecular flexibility index (Phi) is 2.53. The van der Waals surface area contributed by atoms with E-state index in [1.54, 1.807) is 0 Å². The molecule has 0 aromatic heterocycles. The van der Waals surface area contributed by atoms with Crippen LogP contribution >= 0.6 is 0 Å². The van der Waals surface area contributed by atoms with Gasteiger partial charge in [0.05, 0.1) is 5.84 Å². The van der Waals surface area contributed by atoms with Gasteiger partial charge in [-0.05, 0) is 25.2 Å². The zero-order chi connectivity index (χ0) is 8.43. The SMILES string of the molecule is CC1CCC(C(=N)N(C)C)C1. The van der Waals surface area contributed by atoms with E-state index in [1.165, 1.54) is 19.3 Å². The van der Waals surface area contributed by atoms with Gasteiger partial charge in [0.25, 0.3) is 0 Å². The fourth-order valence-corrected chi connectivity index (χ4v) is 1.82. The average Bonchev–Trinajstić information content (AvgIpc) is 2.34. The summed E-state index contributed by atoms with van der Waals surface area (Å²) in [6.45, 7) is 2.28. The first-order valence-electron chi connectivity index (χ1n) is 4.37. The van der Waals surface area contributed by atoms with E-state index >= 15 is 0 Å². The van der Waals surface area contributed by atoms with E-state index in [-0.39, 0.29) is 0 Å². The Morgan fingerprint density at radius 3 is 2.36 bits per heavy atom. The summed E-state index contributed by atoms with van der Waals surface area (Å²) >= 11 is 0. The third-order valence-corrected chi connectivity index (χ3v) is 2.56. The smallest absolute Gasteiger partial charge is 0.0984 e. The zero-order valence-corrected chi connectivity index (χ0v) is 7.72. The van der Waals surface area contributed by atoms with Gasteiger partial charge >= 0.3 is 0 Å². The summed E-state index contributed by atoms with van der Waals surface area (Å²) in [6.07, 6.45) is 3.75. The molecule has 2 heteroatoms. The van der Waals surface area contributed by atoms with Crippen LogP contribution < -0.4 is 0 Å². The van der Waals surface area contributed by atoms with E-state index in [1.807, 2.05) is 19.0 Å². The minimum Gasteiger partial charge on any atom is -0.366 e. The molecule has 0 aromatic carbocycles. The van der Waals surface area contributed by atoms with Gasteiger partial charge in [-0.25, -0.2) is 0 Å². The second kappa shape index (κ2) is 3.24. The van der Waals surface area contributed by atoms with Gasteiger partial charge in [-0.15, -0.1) is 0 Å². The molecular weight excluding hydrogens is 136 g/mol. The predicted molar refractivity (Wildman–Crippen MR) is 47.9 cm³/mol. The molecule has 0 saturated heterocycles. The van der Waals surface area contributed by atoms with Crippen molar-refractivity contribution in [2.75, 3.05) is 14.1 Å². The van der Waals surface area contributed by atoms with E-state index in [2.05, 4.69) is 6.92 Å². The minimum atomic E-state index is 0.542. The van der Waals surface area contributed by atoms with Crippen molar-refractivity contribution in [2.24, 2.45) is 11.8 Å². The molecule has 0 aromatic rings. The fraction of sp³-hybridized carbons (Fsp3) is 0.889. The van der Waals surface area contributed by atoms with Gasteiger partial charge in [0.2, 0.25) is 0 Å². The van der Waals surface area contributed by atoms with E-state index in [9.17, 15) is 0 Å². The van der Waals surface area contributed by atoms with Gasteiger partial charge in [-0.3, -0.25) is 5.41 Å². The second-order valence-electron chi connectivity index (χ2n) is 3.89. The fourth-order valence-electron chi connectivity index (χ4n) is 1.82. The van der Waals surface area contributed by atoms with Crippen LogP contribution in [-0.2, 0) is 0 Å². The van der Waals surface area contributed by atoms with E-state index < -0.39 is 0 Å². The van der Waals surface area contributed by atoms with Crippen LogP contribution in [0.15, 0.2) is 0 Å². The molecule has 1 fully saturated rings. The summed E-state index contributed by atoms with van der Waals surface area (Å²) in [7, 11) is 3.93. The van der Waals surface area contributed by atoms with Crippen LogP contribution in [0.2, 0.25) is 0 Å². The Bertz CT molecular complexity index is 152. The van der Waals surface area contributed by atoms with Crippen LogP contribution in [0.3, 0.4) is 0 Å². The quantitative estimate of drug-likeness (QED) is 0.453. The predicted octanol–water partition coefficient (Wildman–Crippen LogP) is 1.96. The highest BCUT2D eigenvalue weighted by Crippen LogP contribution is 2.31. The summed E-state index contributed by atoms with van der Waals surface area (Å²) in [4.78, 5) is 1.93. The highest BCUT2D eigenvalue weighted by Gasteiger charge is 2.25. The molecule has 0 heterocycles. The highest BCUT2D eigenvalue weighted by molar-refractivity contribution is 5.81. The van der Waals surface area contributed by atoms with Crippen molar-refractivity contribution in [3.63, 3.8) is 0 Å². The Morgan fingerprint density at radius 2 is 2.00 bits per heavy atom. The standard InChI is InChI=1S/C9H18N2/c1-7-4-5-8(6-7)9(10)11(2)3/h7-8,10H,4-6H2,1-3H3. The number of amidine groups is 1. The molecule has 1 rings (SSSR count). The number of hydrogen-bond acceptors (Lipinski definition) is 1. The number of nitrogens with one attached hydrogen (secondary N) is 1.